The zero-order valence-corrected chi connectivity index (χ0v) is 19.3. The van der Waals surface area contributed by atoms with E-state index in [1.807, 2.05) is 18.5 Å². The van der Waals surface area contributed by atoms with Crippen LogP contribution in [0.5, 0.6) is 0 Å². The fraction of sp³-hybridized carbons (Fsp3) is 0.370. The molecule has 2 N–H and O–H groups in total. The Hall–Kier alpha value is -3.25. The number of rotatable bonds is 5. The molecule has 33 heavy (non-hydrogen) atoms. The van der Waals surface area contributed by atoms with E-state index in [-0.39, 0.29) is 12.0 Å². The van der Waals surface area contributed by atoms with E-state index in [2.05, 4.69) is 71.2 Å². The van der Waals surface area contributed by atoms with Gasteiger partial charge in [-0.1, -0.05) is 26.0 Å². The third-order valence-electron chi connectivity index (χ3n) is 6.79. The van der Waals surface area contributed by atoms with Gasteiger partial charge in [0.1, 0.15) is 11.6 Å². The fourth-order valence-corrected chi connectivity index (χ4v) is 4.67. The Morgan fingerprint density at radius 3 is 2.73 bits per heavy atom. The van der Waals surface area contributed by atoms with Crippen molar-refractivity contribution in [1.82, 2.24) is 19.9 Å². The number of allylic oxidation sites excluding steroid dienone is 2. The van der Waals surface area contributed by atoms with Crippen LogP contribution < -0.4 is 15.6 Å². The highest BCUT2D eigenvalue weighted by molar-refractivity contribution is 5.64. The summed E-state index contributed by atoms with van der Waals surface area (Å²) in [5.74, 6) is 2.21. The summed E-state index contributed by atoms with van der Waals surface area (Å²) in [5.41, 5.74) is 2.78. The molecular weight excluding hydrogens is 410 g/mol. The largest absolute Gasteiger partial charge is 0.396 e. The molecule has 1 saturated heterocycles. The molecule has 0 saturated carbocycles. The van der Waals surface area contributed by atoms with E-state index in [4.69, 9.17) is 9.97 Å². The number of nitrogens with one attached hydrogen (secondary N) is 1. The third kappa shape index (κ3) is 4.48. The van der Waals surface area contributed by atoms with Crippen LogP contribution in [0.25, 0.3) is 34.8 Å². The van der Waals surface area contributed by atoms with Gasteiger partial charge >= 0.3 is 0 Å². The Labute approximate surface area is 194 Å². The number of pyridine rings is 2. The highest BCUT2D eigenvalue weighted by atomic mass is 16.3. The van der Waals surface area contributed by atoms with Crippen molar-refractivity contribution < 1.29 is 5.11 Å². The molecule has 5 rings (SSSR count). The van der Waals surface area contributed by atoms with Gasteiger partial charge in [0, 0.05) is 42.0 Å². The van der Waals surface area contributed by atoms with Gasteiger partial charge in [0.2, 0.25) is 0 Å². The summed E-state index contributed by atoms with van der Waals surface area (Å²) in [6.07, 6.45) is 15.6. The number of aliphatic hydroxyl groups is 1. The van der Waals surface area contributed by atoms with Crippen molar-refractivity contribution in [2.24, 2.45) is 11.3 Å². The maximum Gasteiger partial charge on any atom is 0.140 e. The number of imidazole rings is 1. The van der Waals surface area contributed by atoms with Crippen LogP contribution in [-0.2, 0) is 0 Å². The lowest BCUT2D eigenvalue weighted by Gasteiger charge is -2.40. The first-order chi connectivity index (χ1) is 16.1. The quantitative estimate of drug-likeness (QED) is 0.635. The van der Waals surface area contributed by atoms with Gasteiger partial charge in [-0.15, -0.1) is 0 Å². The van der Waals surface area contributed by atoms with Crippen LogP contribution >= 0.6 is 0 Å². The number of aromatic nitrogens is 4. The predicted octanol–water partition coefficient (Wildman–Crippen LogP) is 3.29. The van der Waals surface area contributed by atoms with Gasteiger partial charge in [-0.2, -0.15) is 0 Å². The second-order valence-corrected chi connectivity index (χ2v) is 9.51. The zero-order chi connectivity index (χ0) is 22.8. The highest BCUT2D eigenvalue weighted by Crippen LogP contribution is 2.31. The van der Waals surface area contributed by atoms with Crippen LogP contribution in [0.2, 0.25) is 0 Å². The lowest BCUT2D eigenvalue weighted by Crippen LogP contribution is -2.44. The van der Waals surface area contributed by atoms with Gasteiger partial charge in [0.25, 0.3) is 0 Å². The molecule has 2 unspecified atom stereocenters. The molecule has 2 aliphatic rings. The van der Waals surface area contributed by atoms with Crippen LogP contribution in [0.1, 0.15) is 33.1 Å². The number of anilines is 1. The number of H-pyrrole nitrogens is 1. The number of aliphatic hydroxyl groups excluding tert-OH is 1. The second kappa shape index (κ2) is 8.94. The summed E-state index contributed by atoms with van der Waals surface area (Å²) >= 11 is 0. The standard InChI is InChI=1S/C27H31N5O/c1-3-19-6-4-7-23-24(14-19)31-26(30-23)21-8-10-22(28-16-21)20-9-11-25(29-15-20)32-13-5-12-27(2,17-32)18-33/h4,6-11,14-16,19,33H,3,5,12-13,17-18H2,1-2H3,(H,30,31). The van der Waals surface area contributed by atoms with Crippen molar-refractivity contribution in [3.8, 4) is 22.6 Å². The molecule has 1 aliphatic carbocycles. The topological polar surface area (TPSA) is 77.9 Å². The average molecular weight is 442 g/mol. The van der Waals surface area contributed by atoms with E-state index in [0.717, 1.165) is 71.5 Å². The SMILES string of the molecule is CCC1C=CC=c2[nH]c(-c3ccc(-c4ccc(N5CCCC(C)(CO)C5)nc4)nc3)nc2=C1. The predicted molar refractivity (Wildman–Crippen MR) is 133 cm³/mol. The van der Waals surface area contributed by atoms with Crippen molar-refractivity contribution in [2.45, 2.75) is 33.1 Å². The van der Waals surface area contributed by atoms with E-state index in [0.29, 0.717) is 5.92 Å². The van der Waals surface area contributed by atoms with E-state index < -0.39 is 0 Å². The minimum atomic E-state index is -0.0521. The molecular formula is C27H31N5O. The molecule has 1 aliphatic heterocycles. The van der Waals surface area contributed by atoms with Gasteiger partial charge in [-0.05, 0) is 61.6 Å². The van der Waals surface area contributed by atoms with Crippen molar-refractivity contribution >= 4 is 18.0 Å². The lowest BCUT2D eigenvalue weighted by atomic mass is 9.83. The molecule has 0 spiro atoms. The van der Waals surface area contributed by atoms with Gasteiger partial charge < -0.3 is 15.0 Å². The van der Waals surface area contributed by atoms with Gasteiger partial charge in [0.15, 0.2) is 0 Å². The first-order valence-electron chi connectivity index (χ1n) is 11.8. The maximum atomic E-state index is 9.73. The smallest absolute Gasteiger partial charge is 0.140 e. The van der Waals surface area contributed by atoms with E-state index in [9.17, 15) is 5.11 Å². The zero-order valence-electron chi connectivity index (χ0n) is 19.3. The number of hydrogen-bond acceptors (Lipinski definition) is 5. The number of hydrogen-bond donors (Lipinski definition) is 2. The first kappa shape index (κ1) is 21.6. The van der Waals surface area contributed by atoms with Crippen LogP contribution in [0.4, 0.5) is 5.82 Å². The van der Waals surface area contributed by atoms with Crippen molar-refractivity contribution in [3.63, 3.8) is 0 Å². The van der Waals surface area contributed by atoms with Gasteiger partial charge in [-0.3, -0.25) is 4.98 Å². The summed E-state index contributed by atoms with van der Waals surface area (Å²) in [4.78, 5) is 19.9. The first-order valence-corrected chi connectivity index (χ1v) is 11.8. The second-order valence-electron chi connectivity index (χ2n) is 9.51. The molecule has 0 amide bonds. The summed E-state index contributed by atoms with van der Waals surface area (Å²) in [5, 5.41) is 11.8. The molecule has 3 aromatic heterocycles. The summed E-state index contributed by atoms with van der Waals surface area (Å²) in [6, 6.07) is 8.21. The molecule has 170 valence electrons. The average Bonchev–Trinajstić information content (AvgIpc) is 3.16. The van der Waals surface area contributed by atoms with Gasteiger partial charge in [0.05, 0.1) is 23.0 Å². The molecule has 0 radical (unpaired) electrons. The molecule has 6 nitrogen and oxygen atoms in total. The molecule has 6 heteroatoms. The maximum absolute atomic E-state index is 9.73. The van der Waals surface area contributed by atoms with Crippen molar-refractivity contribution in [1.29, 1.82) is 0 Å². The fourth-order valence-electron chi connectivity index (χ4n) is 4.67. The Kier molecular flexibility index (Phi) is 5.85. The molecule has 0 bridgehead atoms. The normalized spacial score (nSPS) is 22.3. The summed E-state index contributed by atoms with van der Waals surface area (Å²) < 4.78 is 0. The van der Waals surface area contributed by atoms with E-state index in [1.54, 1.807) is 0 Å². The number of piperidine rings is 1. The van der Waals surface area contributed by atoms with Crippen LogP contribution in [-0.4, -0.2) is 44.7 Å². The Morgan fingerprint density at radius 1 is 1.15 bits per heavy atom. The monoisotopic (exact) mass is 441 g/mol. The van der Waals surface area contributed by atoms with Crippen molar-refractivity contribution in [2.75, 3.05) is 24.6 Å². The molecule has 0 aromatic carbocycles. The van der Waals surface area contributed by atoms with Crippen molar-refractivity contribution in [3.05, 3.63) is 59.5 Å². The van der Waals surface area contributed by atoms with E-state index >= 15 is 0 Å². The lowest BCUT2D eigenvalue weighted by molar-refractivity contribution is 0.123. The van der Waals surface area contributed by atoms with Gasteiger partial charge in [-0.25, -0.2) is 9.97 Å². The minimum absolute atomic E-state index is 0.0521. The summed E-state index contributed by atoms with van der Waals surface area (Å²) in [6.45, 7) is 6.35. The third-order valence-corrected chi connectivity index (χ3v) is 6.79. The molecule has 4 heterocycles. The molecule has 1 fully saturated rings. The molecule has 2 atom stereocenters. The minimum Gasteiger partial charge on any atom is -0.396 e. The highest BCUT2D eigenvalue weighted by Gasteiger charge is 2.30. The van der Waals surface area contributed by atoms with E-state index in [1.165, 1.54) is 0 Å². The Morgan fingerprint density at radius 2 is 2.00 bits per heavy atom. The Bertz CT molecular complexity index is 1260. The summed E-state index contributed by atoms with van der Waals surface area (Å²) in [7, 11) is 0. The number of fused-ring (bicyclic) bond motifs is 1. The van der Waals surface area contributed by atoms with Crippen LogP contribution in [0, 0.1) is 11.3 Å². The Balaban J connectivity index is 1.34. The van der Waals surface area contributed by atoms with Crippen LogP contribution in [0.15, 0.2) is 48.8 Å². The number of aromatic amines is 1. The number of nitrogens with zero attached hydrogens (tertiary/aromatic N) is 4. The molecule has 3 aromatic rings. The van der Waals surface area contributed by atoms with Crippen LogP contribution in [0.3, 0.4) is 0 Å².